The normalized spacial score (nSPS) is 14.5. The second kappa shape index (κ2) is 11.1. The Labute approximate surface area is 201 Å². The number of benzene rings is 1. The molecule has 0 spiro atoms. The number of pyridine rings is 1. The minimum absolute atomic E-state index is 0.0829. The predicted octanol–water partition coefficient (Wildman–Crippen LogP) is 6.04. The number of aryl methyl sites for hydroxylation is 1. The molecule has 0 atom stereocenters. The number of aromatic nitrogens is 1. The van der Waals surface area contributed by atoms with Crippen LogP contribution >= 0.6 is 11.3 Å². The fourth-order valence-corrected chi connectivity index (χ4v) is 5.55. The highest BCUT2D eigenvalue weighted by Gasteiger charge is 2.14. The van der Waals surface area contributed by atoms with Crippen molar-refractivity contribution in [1.29, 1.82) is 0 Å². The summed E-state index contributed by atoms with van der Waals surface area (Å²) in [4.78, 5) is 23.3. The Kier molecular flexibility index (Phi) is 7.99. The van der Waals surface area contributed by atoms with Crippen molar-refractivity contribution in [3.05, 3.63) is 46.8 Å². The van der Waals surface area contributed by atoms with Crippen LogP contribution in [0.15, 0.2) is 36.4 Å². The van der Waals surface area contributed by atoms with E-state index in [4.69, 9.17) is 4.98 Å². The number of thiophene rings is 1. The molecule has 1 aromatic carbocycles. The summed E-state index contributed by atoms with van der Waals surface area (Å²) in [7, 11) is 0. The number of hydrogen-bond donors (Lipinski definition) is 1. The number of fused-ring (bicyclic) bond motifs is 1. The lowest BCUT2D eigenvalue weighted by molar-refractivity contribution is 0.0773. The van der Waals surface area contributed by atoms with E-state index in [2.05, 4.69) is 29.3 Å². The highest BCUT2D eigenvalue weighted by atomic mass is 32.1. The number of rotatable bonds is 9. The van der Waals surface area contributed by atoms with E-state index in [9.17, 15) is 4.79 Å². The first-order valence-electron chi connectivity index (χ1n) is 12.4. The van der Waals surface area contributed by atoms with Gasteiger partial charge in [-0.25, -0.2) is 4.98 Å². The average Bonchev–Trinajstić information content (AvgIpc) is 3.23. The number of nitrogens with one attached hydrogen (secondary N) is 1. The van der Waals surface area contributed by atoms with Gasteiger partial charge in [0.15, 0.2) is 0 Å². The maximum atomic E-state index is 12.6. The SMILES string of the molecule is CCN(CC)C(=O)c1ccc(-c2cc(NCCCN3CCCCC3)c3sc(C)cc3n2)cc1. The van der Waals surface area contributed by atoms with Crippen molar-refractivity contribution < 1.29 is 4.79 Å². The maximum Gasteiger partial charge on any atom is 0.253 e. The van der Waals surface area contributed by atoms with Crippen molar-refractivity contribution in [3.8, 4) is 11.3 Å². The lowest BCUT2D eigenvalue weighted by Gasteiger charge is -2.26. The molecule has 0 aliphatic carbocycles. The number of carbonyl (C=O) groups is 1. The first-order chi connectivity index (χ1) is 16.1. The van der Waals surface area contributed by atoms with E-state index in [1.165, 1.54) is 48.5 Å². The van der Waals surface area contributed by atoms with Crippen molar-refractivity contribution in [2.45, 2.75) is 46.5 Å². The zero-order chi connectivity index (χ0) is 23.2. The summed E-state index contributed by atoms with van der Waals surface area (Å²) < 4.78 is 1.22. The van der Waals surface area contributed by atoms with Crippen LogP contribution in [0.4, 0.5) is 5.69 Å². The summed E-state index contributed by atoms with van der Waals surface area (Å²) in [5.41, 5.74) is 4.91. The molecule has 5 nitrogen and oxygen atoms in total. The van der Waals surface area contributed by atoms with Crippen molar-refractivity contribution in [2.24, 2.45) is 0 Å². The number of amides is 1. The van der Waals surface area contributed by atoms with Gasteiger partial charge >= 0.3 is 0 Å². The van der Waals surface area contributed by atoms with E-state index in [0.717, 1.165) is 54.1 Å². The lowest BCUT2D eigenvalue weighted by Crippen LogP contribution is -2.31. The largest absolute Gasteiger partial charge is 0.384 e. The molecule has 0 saturated carbocycles. The smallest absolute Gasteiger partial charge is 0.253 e. The third kappa shape index (κ3) is 5.74. The number of carbonyl (C=O) groups excluding carboxylic acids is 1. The summed E-state index contributed by atoms with van der Waals surface area (Å²) in [6.07, 6.45) is 5.21. The molecule has 1 saturated heterocycles. The van der Waals surface area contributed by atoms with Crippen LogP contribution in [0.2, 0.25) is 0 Å². The van der Waals surface area contributed by atoms with E-state index < -0.39 is 0 Å². The summed E-state index contributed by atoms with van der Waals surface area (Å²) in [5, 5.41) is 3.69. The maximum absolute atomic E-state index is 12.6. The molecule has 6 heteroatoms. The van der Waals surface area contributed by atoms with Gasteiger partial charge in [0.2, 0.25) is 0 Å². The Morgan fingerprint density at radius 2 is 1.82 bits per heavy atom. The van der Waals surface area contributed by atoms with Crippen LogP contribution in [0, 0.1) is 6.92 Å². The number of piperidine rings is 1. The minimum Gasteiger partial charge on any atom is -0.384 e. The summed E-state index contributed by atoms with van der Waals surface area (Å²) >= 11 is 1.80. The molecule has 0 bridgehead atoms. The summed E-state index contributed by atoms with van der Waals surface area (Å²) in [6.45, 7) is 12.2. The zero-order valence-corrected chi connectivity index (χ0v) is 21.0. The van der Waals surface area contributed by atoms with Gasteiger partial charge in [-0.3, -0.25) is 4.79 Å². The molecule has 1 N–H and O–H groups in total. The van der Waals surface area contributed by atoms with E-state index >= 15 is 0 Å². The fraction of sp³-hybridized carbons (Fsp3) is 0.481. The van der Waals surface area contributed by atoms with E-state index in [0.29, 0.717) is 0 Å². The minimum atomic E-state index is 0.0829. The van der Waals surface area contributed by atoms with Gasteiger partial charge in [-0.2, -0.15) is 0 Å². The molecular formula is C27H36N4OS. The average molecular weight is 465 g/mol. The number of anilines is 1. The topological polar surface area (TPSA) is 48.5 Å². The first kappa shape index (κ1) is 23.7. The molecule has 33 heavy (non-hydrogen) atoms. The van der Waals surface area contributed by atoms with Gasteiger partial charge in [-0.15, -0.1) is 11.3 Å². The van der Waals surface area contributed by atoms with Gasteiger partial charge in [-0.05, 0) is 83.9 Å². The second-order valence-corrected chi connectivity index (χ2v) is 10.1. The standard InChI is InChI=1S/C27H36N4OS/c1-4-31(5-2)27(32)22-12-10-21(11-13-22)23-19-24(26-25(29-23)18-20(3)33-26)28-14-9-17-30-15-7-6-8-16-30/h10-13,18-19H,4-9,14-17H2,1-3H3,(H,28,29). The van der Waals surface area contributed by atoms with Crippen LogP contribution < -0.4 is 5.32 Å². The Morgan fingerprint density at radius 3 is 2.52 bits per heavy atom. The van der Waals surface area contributed by atoms with E-state index in [-0.39, 0.29) is 5.91 Å². The number of nitrogens with zero attached hydrogens (tertiary/aromatic N) is 3. The van der Waals surface area contributed by atoms with Crippen molar-refractivity contribution in [3.63, 3.8) is 0 Å². The highest BCUT2D eigenvalue weighted by molar-refractivity contribution is 7.19. The Balaban J connectivity index is 1.50. The van der Waals surface area contributed by atoms with Gasteiger partial charge in [0.25, 0.3) is 5.91 Å². The third-order valence-corrected chi connectivity index (χ3v) is 7.57. The molecular weight excluding hydrogens is 428 g/mol. The number of likely N-dealkylation sites (tertiary alicyclic amines) is 1. The lowest BCUT2D eigenvalue weighted by atomic mass is 10.1. The monoisotopic (exact) mass is 464 g/mol. The number of hydrogen-bond acceptors (Lipinski definition) is 5. The van der Waals surface area contributed by atoms with Crippen molar-refractivity contribution in [1.82, 2.24) is 14.8 Å². The predicted molar refractivity (Wildman–Crippen MR) is 140 cm³/mol. The van der Waals surface area contributed by atoms with Crippen LogP contribution in [0.3, 0.4) is 0 Å². The third-order valence-electron chi connectivity index (χ3n) is 6.50. The fourth-order valence-electron chi connectivity index (χ4n) is 4.61. The second-order valence-electron chi connectivity index (χ2n) is 8.86. The zero-order valence-electron chi connectivity index (χ0n) is 20.2. The molecule has 1 amide bonds. The molecule has 1 fully saturated rings. The van der Waals surface area contributed by atoms with Crippen LogP contribution in [-0.4, -0.2) is 60.0 Å². The molecule has 176 valence electrons. The van der Waals surface area contributed by atoms with Gasteiger partial charge in [0, 0.05) is 35.6 Å². The highest BCUT2D eigenvalue weighted by Crippen LogP contribution is 2.34. The van der Waals surface area contributed by atoms with Crippen LogP contribution in [0.1, 0.15) is 54.8 Å². The molecule has 4 rings (SSSR count). The molecule has 3 aromatic rings. The quantitative estimate of drug-likeness (QED) is 0.392. The van der Waals surface area contributed by atoms with Crippen LogP contribution in [0.5, 0.6) is 0 Å². The molecule has 1 aliphatic heterocycles. The van der Waals surface area contributed by atoms with E-state index in [1.807, 2.05) is 43.0 Å². The molecule has 1 aliphatic rings. The van der Waals surface area contributed by atoms with Crippen molar-refractivity contribution >= 4 is 33.1 Å². The molecule has 3 heterocycles. The van der Waals surface area contributed by atoms with Gasteiger partial charge in [0.05, 0.1) is 21.6 Å². The van der Waals surface area contributed by atoms with Gasteiger partial charge < -0.3 is 15.1 Å². The Morgan fingerprint density at radius 1 is 1.09 bits per heavy atom. The van der Waals surface area contributed by atoms with Gasteiger partial charge in [-0.1, -0.05) is 18.6 Å². The van der Waals surface area contributed by atoms with Crippen molar-refractivity contribution in [2.75, 3.05) is 44.6 Å². The first-order valence-corrected chi connectivity index (χ1v) is 13.2. The van der Waals surface area contributed by atoms with Crippen LogP contribution in [-0.2, 0) is 0 Å². The summed E-state index contributed by atoms with van der Waals surface area (Å²) in [5.74, 6) is 0.0829. The molecule has 0 unspecified atom stereocenters. The van der Waals surface area contributed by atoms with Crippen LogP contribution in [0.25, 0.3) is 21.5 Å². The van der Waals surface area contributed by atoms with Gasteiger partial charge in [0.1, 0.15) is 0 Å². The molecule has 0 radical (unpaired) electrons. The summed E-state index contributed by atoms with van der Waals surface area (Å²) in [6, 6.07) is 12.2. The Bertz CT molecular complexity index is 1070. The molecule has 2 aromatic heterocycles. The Hall–Kier alpha value is -2.44. The van der Waals surface area contributed by atoms with E-state index in [1.54, 1.807) is 11.3 Å².